The summed E-state index contributed by atoms with van der Waals surface area (Å²) in [7, 11) is 1.72. The molecule has 1 aromatic rings. The Hall–Kier alpha value is -1.55. The molecule has 0 saturated heterocycles. The normalized spacial score (nSPS) is 14.7. The highest BCUT2D eigenvalue weighted by Crippen LogP contribution is 2.20. The molecule has 0 amide bonds. The molecule has 104 valence electrons. The fourth-order valence-corrected chi connectivity index (χ4v) is 2.13. The van der Waals surface area contributed by atoms with Crippen LogP contribution in [0.3, 0.4) is 0 Å². The number of methoxy groups -OCH3 is 1. The van der Waals surface area contributed by atoms with Gasteiger partial charge in [0.2, 0.25) is 0 Å². The molecule has 4 nitrogen and oxygen atoms in total. The molecule has 0 unspecified atom stereocenters. The summed E-state index contributed by atoms with van der Waals surface area (Å²) in [5.41, 5.74) is 2.45. The van der Waals surface area contributed by atoms with Gasteiger partial charge in [-0.3, -0.25) is 4.99 Å². The summed E-state index contributed by atoms with van der Waals surface area (Å²) in [6.45, 7) is 8.15. The molecule has 0 N–H and O–H groups in total. The van der Waals surface area contributed by atoms with Crippen molar-refractivity contribution < 1.29 is 9.47 Å². The third kappa shape index (κ3) is 3.47. The average Bonchev–Trinajstić information content (AvgIpc) is 2.85. The van der Waals surface area contributed by atoms with Crippen LogP contribution in [-0.2, 0) is 4.74 Å². The van der Waals surface area contributed by atoms with Gasteiger partial charge in [-0.1, -0.05) is 12.1 Å². The van der Waals surface area contributed by atoms with Gasteiger partial charge >= 0.3 is 0 Å². The largest absolute Gasteiger partial charge is 0.485 e. The highest BCUT2D eigenvalue weighted by atomic mass is 16.5. The van der Waals surface area contributed by atoms with E-state index in [-0.39, 0.29) is 0 Å². The molecule has 0 aliphatic carbocycles. The van der Waals surface area contributed by atoms with Gasteiger partial charge in [0.25, 0.3) is 0 Å². The second-order valence-electron chi connectivity index (χ2n) is 4.76. The minimum Gasteiger partial charge on any atom is -0.485 e. The Morgan fingerprint density at radius 3 is 2.95 bits per heavy atom. The first-order chi connectivity index (χ1) is 9.22. The lowest BCUT2D eigenvalue weighted by Crippen LogP contribution is -2.34. The summed E-state index contributed by atoms with van der Waals surface area (Å²) in [6, 6.07) is 6.13. The molecule has 0 aromatic heterocycles. The van der Waals surface area contributed by atoms with E-state index in [2.05, 4.69) is 29.8 Å². The maximum Gasteiger partial charge on any atom is 0.145 e. The molecule has 0 spiro atoms. The van der Waals surface area contributed by atoms with Crippen LogP contribution < -0.4 is 4.74 Å². The minimum absolute atomic E-state index is 0.536. The van der Waals surface area contributed by atoms with Gasteiger partial charge in [0.05, 0.1) is 13.2 Å². The number of benzene rings is 1. The zero-order valence-corrected chi connectivity index (χ0v) is 12.0. The van der Waals surface area contributed by atoms with Gasteiger partial charge in [0, 0.05) is 20.2 Å². The van der Waals surface area contributed by atoms with E-state index >= 15 is 0 Å². The van der Waals surface area contributed by atoms with E-state index in [0.717, 1.165) is 37.8 Å². The van der Waals surface area contributed by atoms with Crippen molar-refractivity contribution in [2.75, 3.05) is 40.0 Å². The van der Waals surface area contributed by atoms with E-state index in [1.54, 1.807) is 7.11 Å². The molecular formula is C15H22N2O2. The smallest absolute Gasteiger partial charge is 0.145 e. The van der Waals surface area contributed by atoms with Crippen LogP contribution in [0.5, 0.6) is 5.75 Å². The Kier molecular flexibility index (Phi) is 4.80. The Morgan fingerprint density at radius 1 is 1.32 bits per heavy atom. The second kappa shape index (κ2) is 6.57. The van der Waals surface area contributed by atoms with Gasteiger partial charge < -0.3 is 14.4 Å². The van der Waals surface area contributed by atoms with E-state index in [1.807, 2.05) is 12.1 Å². The van der Waals surface area contributed by atoms with E-state index in [4.69, 9.17) is 9.47 Å². The molecule has 1 aliphatic heterocycles. The predicted molar refractivity (Wildman–Crippen MR) is 77.2 cm³/mol. The predicted octanol–water partition coefficient (Wildman–Crippen LogP) is 2.04. The van der Waals surface area contributed by atoms with Crippen molar-refractivity contribution in [1.29, 1.82) is 0 Å². The molecule has 0 fully saturated rings. The Morgan fingerprint density at radius 2 is 2.16 bits per heavy atom. The second-order valence-corrected chi connectivity index (χ2v) is 4.76. The molecule has 0 bridgehead atoms. The molecule has 19 heavy (non-hydrogen) atoms. The van der Waals surface area contributed by atoms with Crippen LogP contribution in [0.4, 0.5) is 0 Å². The van der Waals surface area contributed by atoms with Crippen molar-refractivity contribution in [1.82, 2.24) is 4.90 Å². The molecule has 2 rings (SSSR count). The minimum atomic E-state index is 0.536. The van der Waals surface area contributed by atoms with Crippen LogP contribution in [0.25, 0.3) is 0 Å². The summed E-state index contributed by atoms with van der Waals surface area (Å²) < 4.78 is 11.0. The number of hydrogen-bond acceptors (Lipinski definition) is 4. The van der Waals surface area contributed by atoms with Gasteiger partial charge in [-0.15, -0.1) is 0 Å². The van der Waals surface area contributed by atoms with Gasteiger partial charge in [0.1, 0.15) is 18.2 Å². The maximum absolute atomic E-state index is 5.90. The SMILES string of the molecule is COCCN1CCN=C1COc1cccc(C)c1C. The molecule has 1 aromatic carbocycles. The van der Waals surface area contributed by atoms with E-state index < -0.39 is 0 Å². The van der Waals surface area contributed by atoms with Gasteiger partial charge in [-0.05, 0) is 31.0 Å². The number of aryl methyl sites for hydroxylation is 1. The van der Waals surface area contributed by atoms with Crippen molar-refractivity contribution in [3.8, 4) is 5.75 Å². The molecule has 0 saturated carbocycles. The Balaban J connectivity index is 1.93. The number of nitrogens with zero attached hydrogens (tertiary/aromatic N) is 2. The first-order valence-corrected chi connectivity index (χ1v) is 6.68. The zero-order valence-electron chi connectivity index (χ0n) is 12.0. The topological polar surface area (TPSA) is 34.1 Å². The summed E-state index contributed by atoms with van der Waals surface area (Å²) in [4.78, 5) is 6.73. The van der Waals surface area contributed by atoms with Crippen molar-refractivity contribution in [2.24, 2.45) is 4.99 Å². The van der Waals surface area contributed by atoms with Crippen LogP contribution in [-0.4, -0.2) is 50.7 Å². The molecular weight excluding hydrogens is 240 g/mol. The molecule has 1 heterocycles. The monoisotopic (exact) mass is 262 g/mol. The summed E-state index contributed by atoms with van der Waals surface area (Å²) in [5, 5.41) is 0. The van der Waals surface area contributed by atoms with Crippen LogP contribution in [0.2, 0.25) is 0 Å². The quantitative estimate of drug-likeness (QED) is 0.787. The van der Waals surface area contributed by atoms with Crippen molar-refractivity contribution >= 4 is 5.84 Å². The van der Waals surface area contributed by atoms with Crippen molar-refractivity contribution in [3.05, 3.63) is 29.3 Å². The van der Waals surface area contributed by atoms with Crippen LogP contribution in [0.15, 0.2) is 23.2 Å². The lowest BCUT2D eigenvalue weighted by atomic mass is 10.1. The maximum atomic E-state index is 5.90. The summed E-state index contributed by atoms with van der Waals surface area (Å²) in [5.74, 6) is 1.97. The molecule has 4 heteroatoms. The highest BCUT2D eigenvalue weighted by molar-refractivity contribution is 5.85. The van der Waals surface area contributed by atoms with Gasteiger partial charge in [-0.2, -0.15) is 0 Å². The van der Waals surface area contributed by atoms with E-state index in [1.165, 1.54) is 11.1 Å². The first-order valence-electron chi connectivity index (χ1n) is 6.68. The number of amidine groups is 1. The Bertz CT molecular complexity index is 457. The number of hydrogen-bond donors (Lipinski definition) is 0. The van der Waals surface area contributed by atoms with Gasteiger partial charge in [-0.25, -0.2) is 0 Å². The summed E-state index contributed by atoms with van der Waals surface area (Å²) >= 11 is 0. The fourth-order valence-electron chi connectivity index (χ4n) is 2.13. The fraction of sp³-hybridized carbons (Fsp3) is 0.533. The lowest BCUT2D eigenvalue weighted by Gasteiger charge is -2.20. The van der Waals surface area contributed by atoms with Crippen LogP contribution in [0, 0.1) is 13.8 Å². The highest BCUT2D eigenvalue weighted by Gasteiger charge is 2.17. The van der Waals surface area contributed by atoms with Crippen LogP contribution in [0.1, 0.15) is 11.1 Å². The van der Waals surface area contributed by atoms with Crippen LogP contribution >= 0.6 is 0 Å². The number of rotatable bonds is 6. The standard InChI is InChI=1S/C15H22N2O2/c1-12-5-4-6-14(13(12)2)19-11-15-16-7-8-17(15)9-10-18-3/h4-6H,7-11H2,1-3H3. The third-order valence-electron chi connectivity index (χ3n) is 3.51. The average molecular weight is 262 g/mol. The third-order valence-corrected chi connectivity index (χ3v) is 3.51. The number of aliphatic imine (C=N–C) groups is 1. The van der Waals surface area contributed by atoms with Gasteiger partial charge in [0.15, 0.2) is 0 Å². The molecule has 0 atom stereocenters. The lowest BCUT2D eigenvalue weighted by molar-refractivity contribution is 0.177. The Labute approximate surface area is 115 Å². The summed E-state index contributed by atoms with van der Waals surface area (Å²) in [6.07, 6.45) is 0. The van der Waals surface area contributed by atoms with E-state index in [0.29, 0.717) is 6.61 Å². The number of ether oxygens (including phenoxy) is 2. The molecule has 0 radical (unpaired) electrons. The van der Waals surface area contributed by atoms with Crippen molar-refractivity contribution in [3.63, 3.8) is 0 Å². The van der Waals surface area contributed by atoms with Crippen molar-refractivity contribution in [2.45, 2.75) is 13.8 Å². The molecule has 1 aliphatic rings. The first kappa shape index (κ1) is 13.9. The zero-order chi connectivity index (χ0) is 13.7. The van der Waals surface area contributed by atoms with E-state index in [9.17, 15) is 0 Å².